The monoisotopic (exact) mass is 139 g/mol. The molecule has 3 N–H and O–H groups in total. The van der Waals surface area contributed by atoms with E-state index in [9.17, 15) is 0 Å². The summed E-state index contributed by atoms with van der Waals surface area (Å²) in [5.41, 5.74) is 7.61. The minimum absolute atomic E-state index is 0.366. The molecule has 3 nitrogen and oxygen atoms in total. The summed E-state index contributed by atoms with van der Waals surface area (Å²) in [4.78, 5) is 0. The first-order chi connectivity index (χ1) is 4.74. The van der Waals surface area contributed by atoms with E-state index in [-0.39, 0.29) is 0 Å². The predicted octanol–water partition coefficient (Wildman–Crippen LogP) is 0.780. The lowest BCUT2D eigenvalue weighted by Crippen LogP contribution is -2.08. The quantitative estimate of drug-likeness (QED) is 0.636. The highest BCUT2D eigenvalue weighted by Gasteiger charge is 2.04. The third kappa shape index (κ3) is 1.36. The van der Waals surface area contributed by atoms with Crippen molar-refractivity contribution in [3.8, 4) is 0 Å². The van der Waals surface area contributed by atoms with E-state index >= 15 is 0 Å². The molecule has 0 aliphatic rings. The maximum Gasteiger partial charge on any atom is 0.0665 e. The van der Waals surface area contributed by atoms with Gasteiger partial charge >= 0.3 is 0 Å². The molecule has 1 rings (SSSR count). The molecule has 1 aromatic rings. The van der Waals surface area contributed by atoms with Crippen LogP contribution in [0.25, 0.3) is 0 Å². The first kappa shape index (κ1) is 7.28. The highest BCUT2D eigenvalue weighted by molar-refractivity contribution is 5.11. The summed E-state index contributed by atoms with van der Waals surface area (Å²) in [6, 6.07) is 2.03. The van der Waals surface area contributed by atoms with Crippen LogP contribution in [0.1, 0.15) is 24.2 Å². The summed E-state index contributed by atoms with van der Waals surface area (Å²) < 4.78 is 0. The maximum atomic E-state index is 5.46. The zero-order chi connectivity index (χ0) is 7.56. The van der Waals surface area contributed by atoms with E-state index in [2.05, 4.69) is 17.1 Å². The Balaban J connectivity index is 2.74. The number of nitrogens with zero attached hydrogens (tertiary/aromatic N) is 1. The summed E-state index contributed by atoms with van der Waals surface area (Å²) in [5.74, 6) is 0.366. The molecule has 0 spiro atoms. The summed E-state index contributed by atoms with van der Waals surface area (Å²) >= 11 is 0. The molecule has 56 valence electrons. The third-order valence-electron chi connectivity index (χ3n) is 1.58. The lowest BCUT2D eigenvalue weighted by atomic mass is 10.1. The molecule has 0 saturated carbocycles. The summed E-state index contributed by atoms with van der Waals surface area (Å²) in [5, 5.41) is 6.96. The van der Waals surface area contributed by atoms with E-state index < -0.39 is 0 Å². The number of aromatic nitrogens is 2. The van der Waals surface area contributed by atoms with Gasteiger partial charge in [0.25, 0.3) is 0 Å². The third-order valence-corrected chi connectivity index (χ3v) is 1.58. The summed E-state index contributed by atoms with van der Waals surface area (Å²) in [7, 11) is 0. The van der Waals surface area contributed by atoms with Crippen molar-refractivity contribution in [1.82, 2.24) is 10.2 Å². The minimum Gasteiger partial charge on any atom is -0.330 e. The molecule has 1 heterocycles. The normalized spacial score (nSPS) is 13.5. The molecule has 1 atom stereocenters. The Labute approximate surface area is 60.6 Å². The van der Waals surface area contributed by atoms with E-state index in [1.54, 1.807) is 0 Å². The molecule has 1 unspecified atom stereocenters. The van der Waals surface area contributed by atoms with Crippen molar-refractivity contribution in [1.29, 1.82) is 0 Å². The van der Waals surface area contributed by atoms with Gasteiger partial charge < -0.3 is 5.73 Å². The number of hydrogen-bond acceptors (Lipinski definition) is 2. The van der Waals surface area contributed by atoms with Crippen molar-refractivity contribution in [2.45, 2.75) is 19.8 Å². The molecule has 10 heavy (non-hydrogen) atoms. The fourth-order valence-electron chi connectivity index (χ4n) is 0.812. The van der Waals surface area contributed by atoms with Crippen LogP contribution in [-0.2, 0) is 0 Å². The Hall–Kier alpha value is -0.830. The van der Waals surface area contributed by atoms with Crippen molar-refractivity contribution in [2.75, 3.05) is 6.54 Å². The number of aromatic amines is 1. The molecular weight excluding hydrogens is 126 g/mol. The van der Waals surface area contributed by atoms with Crippen molar-refractivity contribution in [3.63, 3.8) is 0 Å². The molecular formula is C7H13N3. The Kier molecular flexibility index (Phi) is 2.06. The lowest BCUT2D eigenvalue weighted by Gasteiger charge is -2.01. The second-order valence-electron chi connectivity index (χ2n) is 2.61. The first-order valence-corrected chi connectivity index (χ1v) is 3.46. The fourth-order valence-corrected chi connectivity index (χ4v) is 0.812. The average Bonchev–Trinajstić information content (AvgIpc) is 2.34. The van der Waals surface area contributed by atoms with Gasteiger partial charge in [-0.2, -0.15) is 5.10 Å². The first-order valence-electron chi connectivity index (χ1n) is 3.46. The zero-order valence-electron chi connectivity index (χ0n) is 6.39. The lowest BCUT2D eigenvalue weighted by molar-refractivity contribution is 0.739. The van der Waals surface area contributed by atoms with Crippen molar-refractivity contribution in [2.24, 2.45) is 5.73 Å². The maximum absolute atomic E-state index is 5.46. The van der Waals surface area contributed by atoms with Crippen LogP contribution in [0.5, 0.6) is 0 Å². The van der Waals surface area contributed by atoms with Gasteiger partial charge in [0, 0.05) is 18.2 Å². The van der Waals surface area contributed by atoms with Crippen molar-refractivity contribution < 1.29 is 0 Å². The molecule has 0 amide bonds. The number of rotatable bonds is 2. The minimum atomic E-state index is 0.366. The molecule has 0 radical (unpaired) electrons. The van der Waals surface area contributed by atoms with Crippen LogP contribution >= 0.6 is 0 Å². The zero-order valence-corrected chi connectivity index (χ0v) is 6.39. The van der Waals surface area contributed by atoms with Crippen LogP contribution in [0.4, 0.5) is 0 Å². The Morgan fingerprint density at radius 2 is 2.50 bits per heavy atom. The Morgan fingerprint density at radius 1 is 1.80 bits per heavy atom. The fraction of sp³-hybridized carbons (Fsp3) is 0.571. The van der Waals surface area contributed by atoms with Gasteiger partial charge in [0.05, 0.1) is 5.69 Å². The Bertz CT molecular complexity index is 204. The smallest absolute Gasteiger partial charge is 0.0665 e. The molecule has 0 aromatic carbocycles. The average molecular weight is 139 g/mol. The van der Waals surface area contributed by atoms with E-state index in [1.165, 1.54) is 0 Å². The van der Waals surface area contributed by atoms with Crippen molar-refractivity contribution in [3.05, 3.63) is 17.5 Å². The summed E-state index contributed by atoms with van der Waals surface area (Å²) in [6.07, 6.45) is 0. The van der Waals surface area contributed by atoms with E-state index in [1.807, 2.05) is 13.0 Å². The Morgan fingerprint density at radius 3 is 2.90 bits per heavy atom. The van der Waals surface area contributed by atoms with Gasteiger partial charge in [0.2, 0.25) is 0 Å². The summed E-state index contributed by atoms with van der Waals surface area (Å²) in [6.45, 7) is 4.71. The standard InChI is InChI=1S/C7H13N3/c1-5(4-8)7-3-6(2)9-10-7/h3,5H,4,8H2,1-2H3,(H,9,10). The number of nitrogens with one attached hydrogen (secondary N) is 1. The molecule has 0 fully saturated rings. The number of nitrogens with two attached hydrogens (primary N) is 1. The molecule has 3 heteroatoms. The van der Waals surface area contributed by atoms with Gasteiger partial charge in [-0.3, -0.25) is 5.10 Å². The molecule has 0 aliphatic heterocycles. The molecule has 0 bridgehead atoms. The molecule has 0 aliphatic carbocycles. The number of H-pyrrole nitrogens is 1. The molecule has 1 aromatic heterocycles. The second-order valence-corrected chi connectivity index (χ2v) is 2.61. The van der Waals surface area contributed by atoms with Gasteiger partial charge in [-0.1, -0.05) is 6.92 Å². The van der Waals surface area contributed by atoms with E-state index in [4.69, 9.17) is 5.73 Å². The van der Waals surface area contributed by atoms with Gasteiger partial charge in [-0.25, -0.2) is 0 Å². The largest absolute Gasteiger partial charge is 0.330 e. The van der Waals surface area contributed by atoms with Gasteiger partial charge in [-0.15, -0.1) is 0 Å². The number of aryl methyl sites for hydroxylation is 1. The van der Waals surface area contributed by atoms with Crippen molar-refractivity contribution >= 4 is 0 Å². The predicted molar refractivity (Wildman–Crippen MR) is 40.8 cm³/mol. The number of hydrogen-bond donors (Lipinski definition) is 2. The van der Waals surface area contributed by atoms with Crippen LogP contribution in [0, 0.1) is 6.92 Å². The second kappa shape index (κ2) is 2.84. The van der Waals surface area contributed by atoms with Crippen LogP contribution in [0.2, 0.25) is 0 Å². The topological polar surface area (TPSA) is 54.7 Å². The van der Waals surface area contributed by atoms with Gasteiger partial charge in [0.15, 0.2) is 0 Å². The van der Waals surface area contributed by atoms with Crippen LogP contribution in [-0.4, -0.2) is 16.7 Å². The van der Waals surface area contributed by atoms with Crippen LogP contribution in [0.15, 0.2) is 6.07 Å². The highest BCUT2D eigenvalue weighted by atomic mass is 15.1. The molecule has 0 saturated heterocycles. The van der Waals surface area contributed by atoms with E-state index in [0.717, 1.165) is 11.4 Å². The van der Waals surface area contributed by atoms with Gasteiger partial charge in [-0.05, 0) is 13.0 Å². The van der Waals surface area contributed by atoms with E-state index in [0.29, 0.717) is 12.5 Å². The SMILES string of the molecule is Cc1cc(C(C)CN)n[nH]1. The van der Waals surface area contributed by atoms with Gasteiger partial charge in [0.1, 0.15) is 0 Å². The van der Waals surface area contributed by atoms with Crippen LogP contribution < -0.4 is 5.73 Å². The highest BCUT2D eigenvalue weighted by Crippen LogP contribution is 2.10. The van der Waals surface area contributed by atoms with Crippen LogP contribution in [0.3, 0.4) is 0 Å².